The van der Waals surface area contributed by atoms with E-state index in [1.165, 1.54) is 44.3 Å². The second kappa shape index (κ2) is 12.0. The molecule has 4 fully saturated rings. The SMILES string of the molecule is CC(C)(C)c1nc(N2CCN(CCC3CCC(NC(=O)CC4CCC(O)CC4)CC3)CC2)cc(C2(C)CC2)n1. The summed E-state index contributed by atoms with van der Waals surface area (Å²) in [5, 5.41) is 13.0. The van der Waals surface area contributed by atoms with Crippen LogP contribution < -0.4 is 10.2 Å². The van der Waals surface area contributed by atoms with Crippen molar-refractivity contribution in [3.8, 4) is 0 Å². The van der Waals surface area contributed by atoms with Crippen LogP contribution in [0.3, 0.4) is 0 Å². The van der Waals surface area contributed by atoms with Crippen molar-refractivity contribution in [3.05, 3.63) is 17.6 Å². The molecule has 1 aromatic rings. The number of aliphatic hydroxyl groups excluding tert-OH is 1. The number of carbonyl (C=O) groups excluding carboxylic acids is 1. The molecule has 1 amide bonds. The van der Waals surface area contributed by atoms with E-state index in [-0.39, 0.29) is 22.8 Å². The van der Waals surface area contributed by atoms with Gasteiger partial charge in [-0.15, -0.1) is 0 Å². The molecule has 218 valence electrons. The molecule has 7 heteroatoms. The molecule has 1 saturated heterocycles. The zero-order valence-electron chi connectivity index (χ0n) is 25.1. The number of anilines is 1. The summed E-state index contributed by atoms with van der Waals surface area (Å²) in [6.07, 6.45) is 12.7. The molecular formula is C32H53N5O2. The van der Waals surface area contributed by atoms with Crippen LogP contribution in [-0.4, -0.2) is 70.8 Å². The van der Waals surface area contributed by atoms with E-state index >= 15 is 0 Å². The van der Waals surface area contributed by atoms with Gasteiger partial charge in [0.25, 0.3) is 0 Å². The van der Waals surface area contributed by atoms with E-state index in [1.807, 2.05) is 0 Å². The molecule has 0 radical (unpaired) electrons. The van der Waals surface area contributed by atoms with Crippen LogP contribution in [0.4, 0.5) is 5.82 Å². The molecule has 3 aliphatic carbocycles. The number of aliphatic hydroxyl groups is 1. The number of nitrogens with one attached hydrogen (secondary N) is 1. The molecule has 2 heterocycles. The van der Waals surface area contributed by atoms with Crippen molar-refractivity contribution >= 4 is 11.7 Å². The number of amides is 1. The predicted octanol–water partition coefficient (Wildman–Crippen LogP) is 4.95. The minimum atomic E-state index is -0.146. The minimum absolute atomic E-state index is 0.0421. The van der Waals surface area contributed by atoms with Crippen molar-refractivity contribution in [2.24, 2.45) is 11.8 Å². The van der Waals surface area contributed by atoms with Gasteiger partial charge in [-0.2, -0.15) is 0 Å². The third kappa shape index (κ3) is 7.72. The quantitative estimate of drug-likeness (QED) is 0.486. The number of carbonyl (C=O) groups is 1. The third-order valence-corrected chi connectivity index (χ3v) is 10.1. The minimum Gasteiger partial charge on any atom is -0.393 e. The predicted molar refractivity (Wildman–Crippen MR) is 157 cm³/mol. The van der Waals surface area contributed by atoms with Gasteiger partial charge >= 0.3 is 0 Å². The first-order valence-electron chi connectivity index (χ1n) is 15.9. The van der Waals surface area contributed by atoms with Gasteiger partial charge in [-0.05, 0) is 89.0 Å². The highest BCUT2D eigenvalue weighted by Gasteiger charge is 2.42. The van der Waals surface area contributed by atoms with Gasteiger partial charge in [0.2, 0.25) is 5.91 Å². The number of aromatic nitrogens is 2. The van der Waals surface area contributed by atoms with Crippen LogP contribution in [0.15, 0.2) is 6.07 Å². The maximum Gasteiger partial charge on any atom is 0.220 e. The van der Waals surface area contributed by atoms with E-state index in [0.717, 1.165) is 82.3 Å². The largest absolute Gasteiger partial charge is 0.393 e. The molecule has 1 aromatic heterocycles. The van der Waals surface area contributed by atoms with Crippen molar-refractivity contribution < 1.29 is 9.90 Å². The fourth-order valence-corrected chi connectivity index (χ4v) is 6.74. The smallest absolute Gasteiger partial charge is 0.220 e. The molecule has 0 bridgehead atoms. The Balaban J connectivity index is 1.02. The lowest BCUT2D eigenvalue weighted by Gasteiger charge is -2.37. The maximum absolute atomic E-state index is 12.5. The lowest BCUT2D eigenvalue weighted by molar-refractivity contribution is -0.123. The van der Waals surface area contributed by atoms with Crippen molar-refractivity contribution in [3.63, 3.8) is 0 Å². The van der Waals surface area contributed by atoms with E-state index < -0.39 is 0 Å². The maximum atomic E-state index is 12.5. The number of hydrogen-bond donors (Lipinski definition) is 2. The second-order valence-corrected chi connectivity index (χ2v) is 14.5. The molecule has 4 aliphatic rings. The Kier molecular flexibility index (Phi) is 8.87. The summed E-state index contributed by atoms with van der Waals surface area (Å²) in [7, 11) is 0. The highest BCUT2D eigenvalue weighted by atomic mass is 16.3. The molecule has 5 rings (SSSR count). The summed E-state index contributed by atoms with van der Waals surface area (Å²) in [6.45, 7) is 14.5. The van der Waals surface area contributed by atoms with Gasteiger partial charge < -0.3 is 15.3 Å². The van der Waals surface area contributed by atoms with Gasteiger partial charge in [0.15, 0.2) is 0 Å². The fourth-order valence-electron chi connectivity index (χ4n) is 6.74. The average molecular weight is 540 g/mol. The fraction of sp³-hybridized carbons (Fsp3) is 0.844. The highest BCUT2D eigenvalue weighted by Crippen LogP contribution is 2.47. The first-order valence-corrected chi connectivity index (χ1v) is 15.9. The first kappa shape index (κ1) is 28.8. The number of nitrogens with zero attached hydrogens (tertiary/aromatic N) is 4. The zero-order chi connectivity index (χ0) is 27.6. The molecule has 0 unspecified atom stereocenters. The summed E-state index contributed by atoms with van der Waals surface area (Å²) in [5.74, 6) is 3.58. The Bertz CT molecular complexity index is 940. The van der Waals surface area contributed by atoms with Crippen LogP contribution in [0.25, 0.3) is 0 Å². The molecule has 0 atom stereocenters. The Morgan fingerprint density at radius 1 is 0.974 bits per heavy atom. The van der Waals surface area contributed by atoms with Crippen molar-refractivity contribution in [1.29, 1.82) is 0 Å². The van der Waals surface area contributed by atoms with E-state index in [2.05, 4.69) is 48.9 Å². The van der Waals surface area contributed by atoms with E-state index in [9.17, 15) is 9.90 Å². The molecular weight excluding hydrogens is 486 g/mol. The summed E-state index contributed by atoms with van der Waals surface area (Å²) >= 11 is 0. The van der Waals surface area contributed by atoms with Gasteiger partial charge in [-0.1, -0.05) is 27.7 Å². The normalized spacial score (nSPS) is 29.7. The van der Waals surface area contributed by atoms with Crippen LogP contribution in [0.1, 0.15) is 116 Å². The van der Waals surface area contributed by atoms with Crippen molar-refractivity contribution in [2.75, 3.05) is 37.6 Å². The molecule has 39 heavy (non-hydrogen) atoms. The van der Waals surface area contributed by atoms with Gasteiger partial charge in [-0.3, -0.25) is 9.69 Å². The highest BCUT2D eigenvalue weighted by molar-refractivity contribution is 5.76. The molecule has 0 spiro atoms. The van der Waals surface area contributed by atoms with Crippen LogP contribution in [-0.2, 0) is 15.6 Å². The van der Waals surface area contributed by atoms with Gasteiger partial charge in [0, 0.05) is 55.5 Å². The standard InChI is InChI=1S/C32H53N5O2/c1-31(2,3)30-34-27(32(4)14-15-32)22-28(35-30)37-19-17-36(18-20-37)16-13-23-5-9-25(10-6-23)33-29(39)21-24-7-11-26(38)12-8-24/h22-26,38H,5-21H2,1-4H3,(H,33,39). The molecule has 2 N–H and O–H groups in total. The molecule has 0 aromatic carbocycles. The average Bonchev–Trinajstić information content (AvgIpc) is 3.67. The summed E-state index contributed by atoms with van der Waals surface area (Å²) in [6, 6.07) is 2.63. The Labute approximate surface area is 236 Å². The van der Waals surface area contributed by atoms with Crippen molar-refractivity contribution in [1.82, 2.24) is 20.2 Å². The van der Waals surface area contributed by atoms with Crippen molar-refractivity contribution in [2.45, 2.75) is 128 Å². The van der Waals surface area contributed by atoms with Gasteiger partial charge in [-0.25, -0.2) is 9.97 Å². The van der Waals surface area contributed by atoms with Gasteiger partial charge in [0.1, 0.15) is 11.6 Å². The second-order valence-electron chi connectivity index (χ2n) is 14.5. The molecule has 3 saturated carbocycles. The van der Waals surface area contributed by atoms with Crippen LogP contribution in [0.5, 0.6) is 0 Å². The summed E-state index contributed by atoms with van der Waals surface area (Å²) in [5.41, 5.74) is 1.45. The van der Waals surface area contributed by atoms with Crippen LogP contribution >= 0.6 is 0 Å². The van der Waals surface area contributed by atoms with Crippen LogP contribution in [0, 0.1) is 11.8 Å². The number of rotatable bonds is 8. The molecule has 7 nitrogen and oxygen atoms in total. The van der Waals surface area contributed by atoms with E-state index in [1.54, 1.807) is 0 Å². The third-order valence-electron chi connectivity index (χ3n) is 10.1. The summed E-state index contributed by atoms with van der Waals surface area (Å²) < 4.78 is 0. The summed E-state index contributed by atoms with van der Waals surface area (Å²) in [4.78, 5) is 27.7. The Morgan fingerprint density at radius 2 is 1.62 bits per heavy atom. The van der Waals surface area contributed by atoms with Crippen LogP contribution in [0.2, 0.25) is 0 Å². The Morgan fingerprint density at radius 3 is 2.23 bits per heavy atom. The topological polar surface area (TPSA) is 81.6 Å². The van der Waals surface area contributed by atoms with E-state index in [0.29, 0.717) is 18.4 Å². The lowest BCUT2D eigenvalue weighted by Crippen LogP contribution is -2.47. The Hall–Kier alpha value is -1.73. The first-order chi connectivity index (χ1) is 18.6. The number of hydrogen-bond acceptors (Lipinski definition) is 6. The van der Waals surface area contributed by atoms with Gasteiger partial charge in [0.05, 0.1) is 11.8 Å². The lowest BCUT2D eigenvalue weighted by atomic mass is 9.83. The number of piperazine rings is 1. The van der Waals surface area contributed by atoms with E-state index in [4.69, 9.17) is 9.97 Å². The zero-order valence-corrected chi connectivity index (χ0v) is 25.1. The molecule has 1 aliphatic heterocycles. The monoisotopic (exact) mass is 539 g/mol.